The van der Waals surface area contributed by atoms with Crippen molar-refractivity contribution in [3.8, 4) is 5.75 Å². The number of ketones is 2. The Morgan fingerprint density at radius 1 is 1.19 bits per heavy atom. The molecule has 32 heavy (non-hydrogen) atoms. The molecule has 1 aromatic rings. The third-order valence-electron chi connectivity index (χ3n) is 7.01. The van der Waals surface area contributed by atoms with Gasteiger partial charge in [0.15, 0.2) is 11.4 Å². The first-order valence-electron chi connectivity index (χ1n) is 10.9. The lowest BCUT2D eigenvalue weighted by Gasteiger charge is -2.50. The minimum atomic E-state index is -2.56. The SMILES string of the molecule is CC.CC[C@@H]1c2cccc(O)c2C(O)=C2C(=O)[C@]3(O)C(O)=C(C(N)=O)C(=O)[C@@H](C)[C@@H]3C[C@@H]21. The third-order valence-corrected chi connectivity index (χ3v) is 7.01. The first-order chi connectivity index (χ1) is 15.1. The van der Waals surface area contributed by atoms with E-state index in [-0.39, 0.29) is 29.2 Å². The first-order valence-corrected chi connectivity index (χ1v) is 10.9. The van der Waals surface area contributed by atoms with Crippen LogP contribution in [0.2, 0.25) is 0 Å². The van der Waals surface area contributed by atoms with Gasteiger partial charge < -0.3 is 26.2 Å². The van der Waals surface area contributed by atoms with Gasteiger partial charge in [-0.1, -0.05) is 39.8 Å². The highest BCUT2D eigenvalue weighted by Crippen LogP contribution is 2.57. The molecule has 8 nitrogen and oxygen atoms in total. The zero-order valence-corrected chi connectivity index (χ0v) is 18.5. The Hall–Kier alpha value is -3.13. The molecule has 5 atom stereocenters. The molecule has 3 aliphatic carbocycles. The van der Waals surface area contributed by atoms with Crippen molar-refractivity contribution in [1.29, 1.82) is 0 Å². The van der Waals surface area contributed by atoms with Crippen LogP contribution in [0.25, 0.3) is 5.76 Å². The van der Waals surface area contributed by atoms with Crippen molar-refractivity contribution < 1.29 is 34.8 Å². The van der Waals surface area contributed by atoms with Gasteiger partial charge in [0.05, 0.1) is 5.56 Å². The van der Waals surface area contributed by atoms with E-state index in [4.69, 9.17) is 5.73 Å². The predicted octanol–water partition coefficient (Wildman–Crippen LogP) is 2.65. The largest absolute Gasteiger partial charge is 0.508 e. The summed E-state index contributed by atoms with van der Waals surface area (Å²) in [4.78, 5) is 38.0. The van der Waals surface area contributed by atoms with Crippen LogP contribution in [0.15, 0.2) is 35.1 Å². The molecule has 1 amide bonds. The second-order valence-corrected chi connectivity index (χ2v) is 8.30. The number of benzene rings is 1. The average molecular weight is 443 g/mol. The molecule has 1 aromatic carbocycles. The number of hydrogen-bond acceptors (Lipinski definition) is 7. The van der Waals surface area contributed by atoms with Crippen LogP contribution in [0, 0.1) is 17.8 Å². The summed E-state index contributed by atoms with van der Waals surface area (Å²) in [7, 11) is 0. The van der Waals surface area contributed by atoms with Crippen molar-refractivity contribution in [1.82, 2.24) is 0 Å². The molecule has 8 heteroatoms. The highest BCUT2D eigenvalue weighted by atomic mass is 16.3. The Labute approximate surface area is 186 Å². The number of Topliss-reactive ketones (excluding diaryl/α,β-unsaturated/α-hetero) is 2. The monoisotopic (exact) mass is 443 g/mol. The minimum absolute atomic E-state index is 0.115. The van der Waals surface area contributed by atoms with E-state index >= 15 is 0 Å². The number of carbonyl (C=O) groups is 3. The van der Waals surface area contributed by atoms with E-state index in [0.29, 0.717) is 12.0 Å². The number of phenolic OH excluding ortho intramolecular Hbond substituents is 1. The van der Waals surface area contributed by atoms with E-state index in [9.17, 15) is 34.8 Å². The quantitative estimate of drug-likeness (QED) is 0.439. The zero-order chi connectivity index (χ0) is 24.1. The Balaban J connectivity index is 0.00000141. The Bertz CT molecular complexity index is 1070. The molecule has 0 heterocycles. The van der Waals surface area contributed by atoms with Crippen LogP contribution >= 0.6 is 0 Å². The summed E-state index contributed by atoms with van der Waals surface area (Å²) in [6.45, 7) is 7.39. The molecule has 0 aromatic heterocycles. The molecule has 0 radical (unpaired) electrons. The van der Waals surface area contributed by atoms with Crippen molar-refractivity contribution in [2.24, 2.45) is 23.5 Å². The number of amides is 1. The lowest BCUT2D eigenvalue weighted by atomic mass is 9.54. The smallest absolute Gasteiger partial charge is 0.255 e. The summed E-state index contributed by atoms with van der Waals surface area (Å²) in [6, 6.07) is 4.80. The molecule has 0 bridgehead atoms. The number of fused-ring (bicyclic) bond motifs is 3. The van der Waals surface area contributed by atoms with Gasteiger partial charge in [0.1, 0.15) is 22.8 Å². The van der Waals surface area contributed by atoms with Gasteiger partial charge in [-0.2, -0.15) is 0 Å². The van der Waals surface area contributed by atoms with Crippen molar-refractivity contribution >= 4 is 23.2 Å². The van der Waals surface area contributed by atoms with Gasteiger partial charge in [-0.25, -0.2) is 0 Å². The van der Waals surface area contributed by atoms with Gasteiger partial charge in [-0.15, -0.1) is 0 Å². The lowest BCUT2D eigenvalue weighted by molar-refractivity contribution is -0.152. The molecule has 0 saturated heterocycles. The minimum Gasteiger partial charge on any atom is -0.508 e. The van der Waals surface area contributed by atoms with Crippen LogP contribution in [0.5, 0.6) is 5.75 Å². The van der Waals surface area contributed by atoms with E-state index in [1.165, 1.54) is 13.0 Å². The van der Waals surface area contributed by atoms with E-state index in [1.54, 1.807) is 12.1 Å². The molecule has 1 saturated carbocycles. The normalized spacial score (nSPS) is 31.3. The van der Waals surface area contributed by atoms with Gasteiger partial charge in [0, 0.05) is 17.4 Å². The summed E-state index contributed by atoms with van der Waals surface area (Å²) in [5.41, 5.74) is 2.55. The number of nitrogens with two attached hydrogens (primary N) is 1. The highest BCUT2D eigenvalue weighted by Gasteiger charge is 2.63. The maximum atomic E-state index is 13.5. The summed E-state index contributed by atoms with van der Waals surface area (Å²) in [5.74, 6) is -7.39. The zero-order valence-electron chi connectivity index (χ0n) is 18.5. The second kappa shape index (κ2) is 8.09. The molecule has 1 fully saturated rings. The third kappa shape index (κ3) is 2.89. The first kappa shape index (κ1) is 23.5. The summed E-state index contributed by atoms with van der Waals surface area (Å²) >= 11 is 0. The standard InChI is InChI=1S/C22H23NO7.C2H6/c1-3-9-10-5-4-6-13(24)14(10)18(26)15-11(9)7-12-8(2)17(25)16(21(23)29)20(28)22(12,30)19(15)27;1-2/h4-6,8-9,11-12,24,26,28,30H,3,7H2,1-2H3,(H2,23,29);1-2H3/t8-,9+,11+,12-,22-;/m0./s1. The second-order valence-electron chi connectivity index (χ2n) is 8.30. The number of carbonyl (C=O) groups excluding carboxylic acids is 3. The predicted molar refractivity (Wildman–Crippen MR) is 117 cm³/mol. The fourth-order valence-corrected chi connectivity index (χ4v) is 5.54. The van der Waals surface area contributed by atoms with Crippen molar-refractivity contribution in [2.45, 2.75) is 52.1 Å². The van der Waals surface area contributed by atoms with Gasteiger partial charge in [-0.3, -0.25) is 14.4 Å². The molecule has 0 unspecified atom stereocenters. The van der Waals surface area contributed by atoms with E-state index < -0.39 is 57.9 Å². The fraction of sp³-hybridized carbons (Fsp3) is 0.458. The van der Waals surface area contributed by atoms with Gasteiger partial charge >= 0.3 is 0 Å². The Kier molecular flexibility index (Phi) is 5.95. The van der Waals surface area contributed by atoms with Crippen molar-refractivity contribution in [3.63, 3.8) is 0 Å². The van der Waals surface area contributed by atoms with Crippen LogP contribution in [0.4, 0.5) is 0 Å². The summed E-state index contributed by atoms with van der Waals surface area (Å²) < 4.78 is 0. The lowest BCUT2D eigenvalue weighted by Crippen LogP contribution is -2.61. The summed E-state index contributed by atoms with van der Waals surface area (Å²) in [6.07, 6.45) is 0.700. The van der Waals surface area contributed by atoms with Gasteiger partial charge in [-0.05, 0) is 36.3 Å². The fourth-order valence-electron chi connectivity index (χ4n) is 5.54. The Morgan fingerprint density at radius 3 is 2.38 bits per heavy atom. The number of phenols is 1. The van der Waals surface area contributed by atoms with Gasteiger partial charge in [0.2, 0.25) is 5.78 Å². The number of aliphatic hydroxyl groups is 3. The van der Waals surface area contributed by atoms with Crippen molar-refractivity contribution in [3.05, 3.63) is 46.2 Å². The molecule has 0 spiro atoms. The molecule has 4 rings (SSSR count). The van der Waals surface area contributed by atoms with Crippen LogP contribution in [0.3, 0.4) is 0 Å². The van der Waals surface area contributed by atoms with Crippen LogP contribution in [-0.2, 0) is 14.4 Å². The van der Waals surface area contributed by atoms with E-state index in [0.717, 1.165) is 0 Å². The number of aromatic hydroxyl groups is 1. The van der Waals surface area contributed by atoms with Crippen molar-refractivity contribution in [2.75, 3.05) is 0 Å². The maximum Gasteiger partial charge on any atom is 0.255 e. The molecular weight excluding hydrogens is 414 g/mol. The molecule has 172 valence electrons. The van der Waals surface area contributed by atoms with E-state index in [1.807, 2.05) is 20.8 Å². The molecule has 0 aliphatic heterocycles. The van der Waals surface area contributed by atoms with Crippen LogP contribution in [-0.4, -0.2) is 43.5 Å². The average Bonchev–Trinajstić information content (AvgIpc) is 2.76. The molecule has 3 aliphatic rings. The van der Waals surface area contributed by atoms with Gasteiger partial charge in [0.25, 0.3) is 5.91 Å². The van der Waals surface area contributed by atoms with Crippen LogP contribution < -0.4 is 5.73 Å². The number of rotatable bonds is 2. The molecular formula is C24H29NO7. The summed E-state index contributed by atoms with van der Waals surface area (Å²) in [5, 5.41) is 43.2. The van der Waals surface area contributed by atoms with Crippen LogP contribution in [0.1, 0.15) is 57.6 Å². The topological polar surface area (TPSA) is 158 Å². The molecule has 6 N–H and O–H groups in total. The van der Waals surface area contributed by atoms with E-state index in [2.05, 4.69) is 0 Å². The Morgan fingerprint density at radius 2 is 1.81 bits per heavy atom. The highest BCUT2D eigenvalue weighted by molar-refractivity contribution is 6.23. The number of primary amides is 1. The number of hydrogen-bond donors (Lipinski definition) is 5. The number of aliphatic hydroxyl groups excluding tert-OH is 2. The maximum absolute atomic E-state index is 13.5.